The van der Waals surface area contributed by atoms with E-state index in [2.05, 4.69) is 11.1 Å². The van der Waals surface area contributed by atoms with Crippen LogP contribution in [0.2, 0.25) is 0 Å². The SMILES string of the molecule is CCC=NC1(C#N)CCCC1. The van der Waals surface area contributed by atoms with Crippen LogP contribution < -0.4 is 0 Å². The average Bonchev–Trinajstić information content (AvgIpc) is 2.50. The third-order valence-electron chi connectivity index (χ3n) is 2.16. The molecule has 1 aliphatic rings. The number of nitriles is 1. The Morgan fingerprint density at radius 3 is 2.64 bits per heavy atom. The van der Waals surface area contributed by atoms with Crippen molar-refractivity contribution in [2.45, 2.75) is 44.6 Å². The molecular formula is C9H14N2. The van der Waals surface area contributed by atoms with Crippen LogP contribution in [0.1, 0.15) is 39.0 Å². The van der Waals surface area contributed by atoms with E-state index in [0.717, 1.165) is 32.1 Å². The van der Waals surface area contributed by atoms with Crippen molar-refractivity contribution in [2.75, 3.05) is 0 Å². The van der Waals surface area contributed by atoms with Crippen LogP contribution in [0.3, 0.4) is 0 Å². The number of hydrogen-bond donors (Lipinski definition) is 0. The molecule has 0 saturated heterocycles. The second kappa shape index (κ2) is 3.52. The minimum Gasteiger partial charge on any atom is -0.276 e. The van der Waals surface area contributed by atoms with Gasteiger partial charge in [0.15, 0.2) is 0 Å². The van der Waals surface area contributed by atoms with Gasteiger partial charge in [-0.05, 0) is 32.1 Å². The van der Waals surface area contributed by atoms with Gasteiger partial charge in [-0.3, -0.25) is 4.99 Å². The van der Waals surface area contributed by atoms with E-state index in [9.17, 15) is 0 Å². The molecule has 0 spiro atoms. The summed E-state index contributed by atoms with van der Waals surface area (Å²) in [5.41, 5.74) is -0.337. The highest BCUT2D eigenvalue weighted by Gasteiger charge is 2.32. The van der Waals surface area contributed by atoms with E-state index in [4.69, 9.17) is 5.26 Å². The Kier molecular flexibility index (Phi) is 2.64. The van der Waals surface area contributed by atoms with Gasteiger partial charge in [0.1, 0.15) is 5.54 Å². The second-order valence-corrected chi connectivity index (χ2v) is 3.07. The van der Waals surface area contributed by atoms with E-state index in [0.29, 0.717) is 0 Å². The number of rotatable bonds is 2. The lowest BCUT2D eigenvalue weighted by molar-refractivity contribution is 0.569. The highest BCUT2D eigenvalue weighted by Crippen LogP contribution is 2.32. The first-order valence-electron chi connectivity index (χ1n) is 4.28. The second-order valence-electron chi connectivity index (χ2n) is 3.07. The van der Waals surface area contributed by atoms with Gasteiger partial charge in [-0.25, -0.2) is 0 Å². The summed E-state index contributed by atoms with van der Waals surface area (Å²) < 4.78 is 0. The van der Waals surface area contributed by atoms with E-state index >= 15 is 0 Å². The molecule has 0 unspecified atom stereocenters. The van der Waals surface area contributed by atoms with Crippen LogP contribution in [-0.2, 0) is 0 Å². The minimum absolute atomic E-state index is 0.337. The zero-order valence-corrected chi connectivity index (χ0v) is 7.01. The van der Waals surface area contributed by atoms with Gasteiger partial charge in [-0.1, -0.05) is 6.92 Å². The summed E-state index contributed by atoms with van der Waals surface area (Å²) in [6.45, 7) is 2.05. The lowest BCUT2D eigenvalue weighted by Crippen LogP contribution is -2.18. The zero-order chi connectivity index (χ0) is 8.16. The number of aliphatic imine (C=N–C) groups is 1. The summed E-state index contributed by atoms with van der Waals surface area (Å²) in [4.78, 5) is 4.31. The highest BCUT2D eigenvalue weighted by atomic mass is 14.9. The molecule has 0 amide bonds. The Labute approximate surface area is 67.9 Å². The maximum absolute atomic E-state index is 8.88. The minimum atomic E-state index is -0.337. The van der Waals surface area contributed by atoms with Gasteiger partial charge < -0.3 is 0 Å². The van der Waals surface area contributed by atoms with Crippen LogP contribution in [0.4, 0.5) is 0 Å². The lowest BCUT2D eigenvalue weighted by atomic mass is 10.0. The van der Waals surface area contributed by atoms with E-state index < -0.39 is 0 Å². The van der Waals surface area contributed by atoms with Gasteiger partial charge in [0.05, 0.1) is 6.07 Å². The molecule has 1 fully saturated rings. The van der Waals surface area contributed by atoms with Gasteiger partial charge in [0.2, 0.25) is 0 Å². The van der Waals surface area contributed by atoms with Crippen LogP contribution in [0.25, 0.3) is 0 Å². The van der Waals surface area contributed by atoms with Crippen molar-refractivity contribution in [1.29, 1.82) is 5.26 Å². The number of nitrogens with zero attached hydrogens (tertiary/aromatic N) is 2. The molecule has 0 N–H and O–H groups in total. The summed E-state index contributed by atoms with van der Waals surface area (Å²) in [6, 6.07) is 2.31. The molecule has 2 heteroatoms. The summed E-state index contributed by atoms with van der Waals surface area (Å²) in [6.07, 6.45) is 7.04. The maximum Gasteiger partial charge on any atom is 0.146 e. The average molecular weight is 150 g/mol. The molecule has 1 rings (SSSR count). The van der Waals surface area contributed by atoms with E-state index in [1.807, 2.05) is 13.1 Å². The topological polar surface area (TPSA) is 36.1 Å². The van der Waals surface area contributed by atoms with Crippen LogP contribution in [0.15, 0.2) is 4.99 Å². The number of hydrogen-bond acceptors (Lipinski definition) is 2. The fourth-order valence-corrected chi connectivity index (χ4v) is 1.50. The Hall–Kier alpha value is -0.840. The van der Waals surface area contributed by atoms with Crippen molar-refractivity contribution < 1.29 is 0 Å². The molecule has 1 saturated carbocycles. The van der Waals surface area contributed by atoms with Gasteiger partial charge in [0, 0.05) is 6.21 Å². The fraction of sp³-hybridized carbons (Fsp3) is 0.778. The standard InChI is InChI=1S/C9H14N2/c1-2-7-11-9(8-10)5-3-4-6-9/h7H,2-6H2,1H3. The van der Waals surface area contributed by atoms with Crippen LogP contribution >= 0.6 is 0 Å². The maximum atomic E-state index is 8.88. The molecule has 0 aromatic heterocycles. The molecule has 11 heavy (non-hydrogen) atoms. The molecule has 0 aromatic carbocycles. The summed E-state index contributed by atoms with van der Waals surface area (Å²) in [7, 11) is 0. The molecule has 60 valence electrons. The van der Waals surface area contributed by atoms with Crippen molar-refractivity contribution in [3.8, 4) is 6.07 Å². The van der Waals surface area contributed by atoms with Crippen LogP contribution in [0.5, 0.6) is 0 Å². The van der Waals surface area contributed by atoms with Gasteiger partial charge in [0.25, 0.3) is 0 Å². The Balaban J connectivity index is 2.61. The molecule has 0 aliphatic heterocycles. The van der Waals surface area contributed by atoms with Crippen LogP contribution in [0, 0.1) is 11.3 Å². The van der Waals surface area contributed by atoms with Crippen LogP contribution in [-0.4, -0.2) is 11.8 Å². The Bertz CT molecular complexity index is 182. The summed E-state index contributed by atoms with van der Waals surface area (Å²) in [5, 5.41) is 8.88. The molecule has 0 atom stereocenters. The Morgan fingerprint density at radius 2 is 2.18 bits per heavy atom. The van der Waals surface area contributed by atoms with Crippen molar-refractivity contribution in [2.24, 2.45) is 4.99 Å². The van der Waals surface area contributed by atoms with E-state index in [1.54, 1.807) is 0 Å². The molecular weight excluding hydrogens is 136 g/mol. The zero-order valence-electron chi connectivity index (χ0n) is 7.01. The molecule has 0 radical (unpaired) electrons. The smallest absolute Gasteiger partial charge is 0.146 e. The predicted octanol–water partition coefficient (Wildman–Crippen LogP) is 2.30. The third kappa shape index (κ3) is 1.80. The Morgan fingerprint density at radius 1 is 1.55 bits per heavy atom. The fourth-order valence-electron chi connectivity index (χ4n) is 1.50. The van der Waals surface area contributed by atoms with Gasteiger partial charge in [-0.15, -0.1) is 0 Å². The molecule has 0 bridgehead atoms. The molecule has 1 aliphatic carbocycles. The van der Waals surface area contributed by atoms with Crippen molar-refractivity contribution >= 4 is 6.21 Å². The van der Waals surface area contributed by atoms with E-state index in [1.165, 1.54) is 0 Å². The lowest BCUT2D eigenvalue weighted by Gasteiger charge is -2.12. The summed E-state index contributed by atoms with van der Waals surface area (Å²) in [5.74, 6) is 0. The van der Waals surface area contributed by atoms with E-state index in [-0.39, 0.29) is 5.54 Å². The normalized spacial score (nSPS) is 22.2. The molecule has 0 heterocycles. The highest BCUT2D eigenvalue weighted by molar-refractivity contribution is 5.58. The third-order valence-corrected chi connectivity index (χ3v) is 2.16. The van der Waals surface area contributed by atoms with Crippen molar-refractivity contribution in [3.63, 3.8) is 0 Å². The summed E-state index contributed by atoms with van der Waals surface area (Å²) >= 11 is 0. The molecule has 0 aromatic rings. The monoisotopic (exact) mass is 150 g/mol. The first kappa shape index (κ1) is 8.26. The van der Waals surface area contributed by atoms with Gasteiger partial charge in [-0.2, -0.15) is 5.26 Å². The molecule has 2 nitrogen and oxygen atoms in total. The first-order chi connectivity index (χ1) is 5.33. The largest absolute Gasteiger partial charge is 0.276 e. The predicted molar refractivity (Wildman–Crippen MR) is 45.6 cm³/mol. The first-order valence-corrected chi connectivity index (χ1v) is 4.28. The quantitative estimate of drug-likeness (QED) is 0.556. The van der Waals surface area contributed by atoms with Crippen molar-refractivity contribution in [1.82, 2.24) is 0 Å². The van der Waals surface area contributed by atoms with Gasteiger partial charge >= 0.3 is 0 Å². The van der Waals surface area contributed by atoms with Crippen molar-refractivity contribution in [3.05, 3.63) is 0 Å².